The van der Waals surface area contributed by atoms with Crippen LogP contribution < -0.4 is 11.1 Å². The van der Waals surface area contributed by atoms with Crippen molar-refractivity contribution in [3.8, 4) is 11.5 Å². The number of pyridine rings is 1. The van der Waals surface area contributed by atoms with Gasteiger partial charge < -0.3 is 15.5 Å². The van der Waals surface area contributed by atoms with Gasteiger partial charge in [0.05, 0.1) is 17.8 Å². The molecule has 3 rings (SSSR count). The summed E-state index contributed by atoms with van der Waals surface area (Å²) >= 11 is 0. The molecule has 8 heteroatoms. The van der Waals surface area contributed by atoms with E-state index < -0.39 is 5.91 Å². The van der Waals surface area contributed by atoms with Crippen LogP contribution in [0.5, 0.6) is 0 Å². The van der Waals surface area contributed by atoms with E-state index in [9.17, 15) is 14.4 Å². The number of amides is 2. The number of carbonyl (C=O) groups excluding carboxylic acids is 3. The van der Waals surface area contributed by atoms with Gasteiger partial charge in [0.25, 0.3) is 0 Å². The molecule has 0 saturated heterocycles. The van der Waals surface area contributed by atoms with Crippen molar-refractivity contribution in [2.45, 2.75) is 58.3 Å². The van der Waals surface area contributed by atoms with Crippen molar-refractivity contribution in [1.82, 2.24) is 15.3 Å². The SMILES string of the molecule is CC(CC(N)=O)CC(=O)NCC(=O)c1oc(-c2cccnc2)nc1CC1CCCCC1. The van der Waals surface area contributed by atoms with Crippen LogP contribution in [0.3, 0.4) is 0 Å². The molecule has 1 unspecified atom stereocenters. The number of nitrogens with zero attached hydrogens (tertiary/aromatic N) is 2. The highest BCUT2D eigenvalue weighted by atomic mass is 16.4. The molecule has 3 N–H and O–H groups in total. The normalized spacial score (nSPS) is 15.4. The highest BCUT2D eigenvalue weighted by molar-refractivity contribution is 5.98. The number of hydrogen-bond acceptors (Lipinski definition) is 6. The predicted molar refractivity (Wildman–Crippen MR) is 115 cm³/mol. The van der Waals surface area contributed by atoms with E-state index in [-0.39, 0.29) is 42.8 Å². The number of oxazole rings is 1. The maximum Gasteiger partial charge on any atom is 0.228 e. The smallest absolute Gasteiger partial charge is 0.228 e. The van der Waals surface area contributed by atoms with Crippen LogP contribution in [0.4, 0.5) is 0 Å². The second-order valence-corrected chi connectivity index (χ2v) is 8.42. The summed E-state index contributed by atoms with van der Waals surface area (Å²) in [6, 6.07) is 3.62. The van der Waals surface area contributed by atoms with Gasteiger partial charge >= 0.3 is 0 Å². The Kier molecular flexibility index (Phi) is 7.92. The summed E-state index contributed by atoms with van der Waals surface area (Å²) in [7, 11) is 0. The van der Waals surface area contributed by atoms with Gasteiger partial charge in [0.15, 0.2) is 5.76 Å². The summed E-state index contributed by atoms with van der Waals surface area (Å²) in [5.41, 5.74) is 6.51. The van der Waals surface area contributed by atoms with Crippen molar-refractivity contribution < 1.29 is 18.8 Å². The molecule has 0 spiro atoms. The molecule has 1 aliphatic rings. The fourth-order valence-corrected chi connectivity index (χ4v) is 4.05. The first kappa shape index (κ1) is 22.7. The van der Waals surface area contributed by atoms with Gasteiger partial charge in [-0.1, -0.05) is 39.0 Å². The molecule has 0 radical (unpaired) electrons. The van der Waals surface area contributed by atoms with E-state index in [0.29, 0.717) is 29.5 Å². The average molecular weight is 427 g/mol. The zero-order valence-electron chi connectivity index (χ0n) is 17.9. The van der Waals surface area contributed by atoms with Crippen LogP contribution in [-0.2, 0) is 16.0 Å². The zero-order chi connectivity index (χ0) is 22.2. The Balaban J connectivity index is 1.69. The van der Waals surface area contributed by atoms with Gasteiger partial charge in [-0.05, 0) is 30.4 Å². The second-order valence-electron chi connectivity index (χ2n) is 8.42. The van der Waals surface area contributed by atoms with Crippen LogP contribution in [0.15, 0.2) is 28.9 Å². The van der Waals surface area contributed by atoms with Gasteiger partial charge in [-0.15, -0.1) is 0 Å². The van der Waals surface area contributed by atoms with Gasteiger partial charge in [-0.25, -0.2) is 4.98 Å². The summed E-state index contributed by atoms with van der Waals surface area (Å²) in [6.07, 6.45) is 10.1. The minimum Gasteiger partial charge on any atom is -0.433 e. The van der Waals surface area contributed by atoms with Crippen LogP contribution in [0.2, 0.25) is 0 Å². The van der Waals surface area contributed by atoms with Crippen molar-refractivity contribution in [1.29, 1.82) is 0 Å². The lowest BCUT2D eigenvalue weighted by Crippen LogP contribution is -2.31. The van der Waals surface area contributed by atoms with Crippen LogP contribution in [-0.4, -0.2) is 34.1 Å². The minimum absolute atomic E-state index is 0.127. The van der Waals surface area contributed by atoms with Gasteiger partial charge in [0.2, 0.25) is 23.5 Å². The van der Waals surface area contributed by atoms with Crippen molar-refractivity contribution in [3.05, 3.63) is 36.0 Å². The Morgan fingerprint density at radius 3 is 2.68 bits per heavy atom. The molecule has 1 fully saturated rings. The van der Waals surface area contributed by atoms with Gasteiger partial charge in [0, 0.05) is 25.2 Å². The van der Waals surface area contributed by atoms with E-state index in [1.54, 1.807) is 25.4 Å². The molecule has 2 aromatic heterocycles. The van der Waals surface area contributed by atoms with Gasteiger partial charge in [-0.3, -0.25) is 19.4 Å². The molecule has 0 bridgehead atoms. The lowest BCUT2D eigenvalue weighted by atomic mass is 9.86. The summed E-state index contributed by atoms with van der Waals surface area (Å²) < 4.78 is 5.86. The third-order valence-electron chi connectivity index (χ3n) is 5.60. The molecule has 2 amide bonds. The summed E-state index contributed by atoms with van der Waals surface area (Å²) in [5.74, 6) is -0.201. The monoisotopic (exact) mass is 426 g/mol. The molecule has 31 heavy (non-hydrogen) atoms. The molecule has 8 nitrogen and oxygen atoms in total. The van der Waals surface area contributed by atoms with E-state index in [0.717, 1.165) is 12.8 Å². The number of nitrogens with two attached hydrogens (primary N) is 1. The van der Waals surface area contributed by atoms with E-state index in [2.05, 4.69) is 15.3 Å². The summed E-state index contributed by atoms with van der Waals surface area (Å²) in [4.78, 5) is 44.7. The molecular formula is C23H30N4O4. The number of aromatic nitrogens is 2. The quantitative estimate of drug-likeness (QED) is 0.562. The van der Waals surface area contributed by atoms with Crippen LogP contribution in [0.1, 0.15) is 68.1 Å². The lowest BCUT2D eigenvalue weighted by Gasteiger charge is -2.20. The molecule has 2 heterocycles. The van der Waals surface area contributed by atoms with Crippen molar-refractivity contribution in [2.75, 3.05) is 6.54 Å². The van der Waals surface area contributed by atoms with Crippen molar-refractivity contribution in [3.63, 3.8) is 0 Å². The fourth-order valence-electron chi connectivity index (χ4n) is 4.05. The van der Waals surface area contributed by atoms with Crippen molar-refractivity contribution >= 4 is 17.6 Å². The Labute approximate surface area is 182 Å². The third-order valence-corrected chi connectivity index (χ3v) is 5.60. The Morgan fingerprint density at radius 1 is 1.23 bits per heavy atom. The highest BCUT2D eigenvalue weighted by Crippen LogP contribution is 2.30. The average Bonchev–Trinajstić information content (AvgIpc) is 3.16. The highest BCUT2D eigenvalue weighted by Gasteiger charge is 2.25. The number of hydrogen-bond donors (Lipinski definition) is 2. The molecule has 2 aromatic rings. The molecule has 0 aromatic carbocycles. The molecule has 1 atom stereocenters. The first-order valence-electron chi connectivity index (χ1n) is 10.9. The van der Waals surface area contributed by atoms with Gasteiger partial charge in [0.1, 0.15) is 0 Å². The minimum atomic E-state index is -0.451. The third kappa shape index (κ3) is 6.73. The molecule has 0 aliphatic heterocycles. The largest absolute Gasteiger partial charge is 0.433 e. The molecule has 1 aliphatic carbocycles. The fraction of sp³-hybridized carbons (Fsp3) is 0.522. The Morgan fingerprint density at radius 2 is 2.00 bits per heavy atom. The summed E-state index contributed by atoms with van der Waals surface area (Å²) in [5, 5.41) is 2.62. The standard InChI is InChI=1S/C23H30N4O4/c1-15(10-20(24)29)11-21(30)26-14-19(28)22-18(12-16-6-3-2-4-7-16)27-23(31-22)17-8-5-9-25-13-17/h5,8-9,13,15-16H,2-4,6-7,10-12,14H2,1H3,(H2,24,29)(H,26,30). The maximum atomic E-state index is 12.9. The topological polar surface area (TPSA) is 128 Å². The van der Waals surface area contributed by atoms with Crippen LogP contribution >= 0.6 is 0 Å². The predicted octanol–water partition coefficient (Wildman–Crippen LogP) is 3.06. The first-order chi connectivity index (χ1) is 14.9. The molecule has 1 saturated carbocycles. The first-order valence-corrected chi connectivity index (χ1v) is 10.9. The molecule has 166 valence electrons. The maximum absolute atomic E-state index is 12.9. The van der Waals surface area contributed by atoms with E-state index in [1.807, 2.05) is 6.07 Å². The number of nitrogens with one attached hydrogen (secondary N) is 1. The van der Waals surface area contributed by atoms with Crippen LogP contribution in [0, 0.1) is 11.8 Å². The molecular weight excluding hydrogens is 396 g/mol. The zero-order valence-corrected chi connectivity index (χ0v) is 17.9. The van der Waals surface area contributed by atoms with E-state index in [1.165, 1.54) is 19.3 Å². The number of Topliss-reactive ketones (excluding diaryl/α,β-unsaturated/α-hetero) is 1. The van der Waals surface area contributed by atoms with Gasteiger partial charge in [-0.2, -0.15) is 0 Å². The second kappa shape index (κ2) is 10.8. The summed E-state index contributed by atoms with van der Waals surface area (Å²) in [6.45, 7) is 1.59. The van der Waals surface area contributed by atoms with E-state index >= 15 is 0 Å². The number of ketones is 1. The Hall–Kier alpha value is -3.03. The number of primary amides is 1. The lowest BCUT2D eigenvalue weighted by molar-refractivity contribution is -0.122. The van der Waals surface area contributed by atoms with Crippen LogP contribution in [0.25, 0.3) is 11.5 Å². The van der Waals surface area contributed by atoms with Crippen molar-refractivity contribution in [2.24, 2.45) is 17.6 Å². The Bertz CT molecular complexity index is 904. The van der Waals surface area contributed by atoms with E-state index in [4.69, 9.17) is 10.2 Å². The number of carbonyl (C=O) groups is 3. The number of rotatable bonds is 10.